The molecule has 0 radical (unpaired) electrons. The van der Waals surface area contributed by atoms with Gasteiger partial charge in [-0.25, -0.2) is 13.4 Å². The number of sulfone groups is 1. The van der Waals surface area contributed by atoms with Gasteiger partial charge in [-0.05, 0) is 24.1 Å². The van der Waals surface area contributed by atoms with E-state index in [4.69, 9.17) is 0 Å². The van der Waals surface area contributed by atoms with Gasteiger partial charge in [0.15, 0.2) is 9.84 Å². The molecule has 2 aromatic carbocycles. The van der Waals surface area contributed by atoms with Crippen molar-refractivity contribution < 1.29 is 8.42 Å². The van der Waals surface area contributed by atoms with Crippen LogP contribution in [0.25, 0.3) is 22.2 Å². The van der Waals surface area contributed by atoms with Crippen LogP contribution in [0.15, 0.2) is 42.5 Å². The van der Waals surface area contributed by atoms with Gasteiger partial charge in [0.05, 0.1) is 16.8 Å². The van der Waals surface area contributed by atoms with Gasteiger partial charge < -0.3 is 4.98 Å². The molecule has 21 heavy (non-hydrogen) atoms. The standard InChI is InChI=1S/C16H16N2O2S/c1-11-17-15-8-4-7-14(16(15)18-11)13-6-3-5-12(9-13)10-21(2,19)20/h3-9H,10H2,1-2H3,(H,17,18). The molecular formula is C16H16N2O2S. The number of nitrogens with zero attached hydrogens (tertiary/aromatic N) is 1. The van der Waals surface area contributed by atoms with Crippen molar-refractivity contribution in [3.63, 3.8) is 0 Å². The van der Waals surface area contributed by atoms with E-state index in [-0.39, 0.29) is 5.75 Å². The number of aromatic amines is 1. The van der Waals surface area contributed by atoms with Gasteiger partial charge in [0.1, 0.15) is 5.82 Å². The van der Waals surface area contributed by atoms with E-state index < -0.39 is 9.84 Å². The molecule has 3 rings (SSSR count). The zero-order chi connectivity index (χ0) is 15.0. The second-order valence-electron chi connectivity index (χ2n) is 5.29. The van der Waals surface area contributed by atoms with Crippen LogP contribution in [0.5, 0.6) is 0 Å². The van der Waals surface area contributed by atoms with Crippen molar-refractivity contribution in [3.05, 3.63) is 53.9 Å². The van der Waals surface area contributed by atoms with Crippen LogP contribution >= 0.6 is 0 Å². The van der Waals surface area contributed by atoms with Gasteiger partial charge in [-0.1, -0.05) is 36.4 Å². The molecule has 0 amide bonds. The van der Waals surface area contributed by atoms with Crippen LogP contribution in [0.2, 0.25) is 0 Å². The normalized spacial score (nSPS) is 11.9. The minimum Gasteiger partial charge on any atom is -0.342 e. The van der Waals surface area contributed by atoms with Crippen LogP contribution in [0.1, 0.15) is 11.4 Å². The van der Waals surface area contributed by atoms with Crippen molar-refractivity contribution in [1.82, 2.24) is 9.97 Å². The van der Waals surface area contributed by atoms with Crippen LogP contribution in [0.3, 0.4) is 0 Å². The highest BCUT2D eigenvalue weighted by atomic mass is 32.2. The maximum absolute atomic E-state index is 11.4. The molecule has 0 saturated carbocycles. The smallest absolute Gasteiger partial charge is 0.151 e. The highest BCUT2D eigenvalue weighted by Crippen LogP contribution is 2.28. The summed E-state index contributed by atoms with van der Waals surface area (Å²) in [5, 5.41) is 0. The van der Waals surface area contributed by atoms with Crippen molar-refractivity contribution in [3.8, 4) is 11.1 Å². The molecule has 0 bridgehead atoms. The zero-order valence-electron chi connectivity index (χ0n) is 11.9. The number of imidazole rings is 1. The van der Waals surface area contributed by atoms with Gasteiger partial charge in [-0.2, -0.15) is 0 Å². The van der Waals surface area contributed by atoms with Gasteiger partial charge in [0.25, 0.3) is 0 Å². The molecule has 0 aliphatic heterocycles. The van der Waals surface area contributed by atoms with Crippen molar-refractivity contribution in [2.24, 2.45) is 0 Å². The summed E-state index contributed by atoms with van der Waals surface area (Å²) in [7, 11) is -3.04. The minimum atomic E-state index is -3.04. The number of nitrogens with one attached hydrogen (secondary N) is 1. The molecule has 1 N–H and O–H groups in total. The molecule has 0 spiro atoms. The number of hydrogen-bond donors (Lipinski definition) is 1. The number of aryl methyl sites for hydroxylation is 1. The van der Waals surface area contributed by atoms with Gasteiger partial charge in [-0.15, -0.1) is 0 Å². The summed E-state index contributed by atoms with van der Waals surface area (Å²) < 4.78 is 22.9. The van der Waals surface area contributed by atoms with Crippen LogP contribution in [0, 0.1) is 6.92 Å². The average Bonchev–Trinajstić information content (AvgIpc) is 2.76. The number of rotatable bonds is 3. The fraction of sp³-hybridized carbons (Fsp3) is 0.188. The molecule has 5 heteroatoms. The van der Waals surface area contributed by atoms with Gasteiger partial charge in [-0.3, -0.25) is 0 Å². The van der Waals surface area contributed by atoms with Crippen LogP contribution < -0.4 is 0 Å². The van der Waals surface area contributed by atoms with Crippen LogP contribution in [-0.2, 0) is 15.6 Å². The third-order valence-electron chi connectivity index (χ3n) is 3.30. The Hall–Kier alpha value is -2.14. The van der Waals surface area contributed by atoms with E-state index in [0.29, 0.717) is 0 Å². The Balaban J connectivity index is 2.12. The molecule has 1 aromatic heterocycles. The maximum atomic E-state index is 11.4. The Morgan fingerprint density at radius 1 is 1.14 bits per heavy atom. The summed E-state index contributed by atoms with van der Waals surface area (Å²) in [4.78, 5) is 7.73. The van der Waals surface area contributed by atoms with Crippen molar-refractivity contribution >= 4 is 20.9 Å². The van der Waals surface area contributed by atoms with E-state index in [9.17, 15) is 8.42 Å². The maximum Gasteiger partial charge on any atom is 0.151 e. The molecule has 108 valence electrons. The van der Waals surface area contributed by atoms with Crippen LogP contribution in [0.4, 0.5) is 0 Å². The Morgan fingerprint density at radius 2 is 1.90 bits per heavy atom. The average molecular weight is 300 g/mol. The third kappa shape index (κ3) is 2.97. The number of fused-ring (bicyclic) bond motifs is 1. The Bertz CT molecular complexity index is 911. The number of aromatic nitrogens is 2. The second kappa shape index (κ2) is 5.00. The molecule has 3 aromatic rings. The van der Waals surface area contributed by atoms with E-state index in [1.54, 1.807) is 0 Å². The predicted molar refractivity (Wildman–Crippen MR) is 84.8 cm³/mol. The predicted octanol–water partition coefficient (Wildman–Crippen LogP) is 3.08. The second-order valence-corrected chi connectivity index (χ2v) is 7.43. The first-order valence-corrected chi connectivity index (χ1v) is 8.71. The highest BCUT2D eigenvalue weighted by molar-refractivity contribution is 7.89. The Morgan fingerprint density at radius 3 is 2.67 bits per heavy atom. The van der Waals surface area contributed by atoms with Gasteiger partial charge in [0, 0.05) is 11.8 Å². The molecule has 4 nitrogen and oxygen atoms in total. The first kappa shape index (κ1) is 13.8. The first-order valence-electron chi connectivity index (χ1n) is 6.65. The number of benzene rings is 2. The van der Waals surface area contributed by atoms with Crippen molar-refractivity contribution in [2.75, 3.05) is 6.26 Å². The molecule has 0 atom stereocenters. The van der Waals surface area contributed by atoms with E-state index >= 15 is 0 Å². The molecule has 0 fully saturated rings. The number of hydrogen-bond acceptors (Lipinski definition) is 3. The fourth-order valence-corrected chi connectivity index (χ4v) is 3.30. The highest BCUT2D eigenvalue weighted by Gasteiger charge is 2.10. The van der Waals surface area contributed by atoms with Crippen LogP contribution in [-0.4, -0.2) is 24.6 Å². The first-order chi connectivity index (χ1) is 9.92. The van der Waals surface area contributed by atoms with E-state index in [1.807, 2.05) is 49.4 Å². The molecule has 0 aliphatic carbocycles. The summed E-state index contributed by atoms with van der Waals surface area (Å²) in [6.07, 6.45) is 1.25. The lowest BCUT2D eigenvalue weighted by Crippen LogP contribution is -2.00. The molecule has 0 saturated heterocycles. The number of para-hydroxylation sites is 1. The topological polar surface area (TPSA) is 62.8 Å². The summed E-state index contributed by atoms with van der Waals surface area (Å²) in [6, 6.07) is 13.6. The Labute approximate surface area is 123 Å². The van der Waals surface area contributed by atoms with Crippen molar-refractivity contribution in [1.29, 1.82) is 0 Å². The summed E-state index contributed by atoms with van der Waals surface area (Å²) in [6.45, 7) is 1.92. The fourth-order valence-electron chi connectivity index (χ4n) is 2.52. The SMILES string of the molecule is Cc1nc2c(-c3cccc(CS(C)(=O)=O)c3)cccc2[nH]1. The van der Waals surface area contributed by atoms with Gasteiger partial charge >= 0.3 is 0 Å². The minimum absolute atomic E-state index is 0.0520. The molecular weight excluding hydrogens is 284 g/mol. The van der Waals surface area contributed by atoms with Gasteiger partial charge in [0.2, 0.25) is 0 Å². The third-order valence-corrected chi connectivity index (χ3v) is 4.16. The monoisotopic (exact) mass is 300 g/mol. The summed E-state index contributed by atoms with van der Waals surface area (Å²) >= 11 is 0. The molecule has 0 aliphatic rings. The van der Waals surface area contributed by atoms with E-state index in [0.717, 1.165) is 33.5 Å². The molecule has 1 heterocycles. The lowest BCUT2D eigenvalue weighted by molar-refractivity contribution is 0.601. The molecule has 0 unspecified atom stereocenters. The summed E-state index contributed by atoms with van der Waals surface area (Å²) in [5.41, 5.74) is 4.67. The lowest BCUT2D eigenvalue weighted by atomic mass is 10.0. The van der Waals surface area contributed by atoms with Crippen molar-refractivity contribution in [2.45, 2.75) is 12.7 Å². The van der Waals surface area contributed by atoms with E-state index in [1.165, 1.54) is 6.26 Å². The summed E-state index contributed by atoms with van der Waals surface area (Å²) in [5.74, 6) is 0.917. The largest absolute Gasteiger partial charge is 0.342 e. The zero-order valence-corrected chi connectivity index (χ0v) is 12.7. The lowest BCUT2D eigenvalue weighted by Gasteiger charge is -2.06. The quantitative estimate of drug-likeness (QED) is 0.808. The Kier molecular flexibility index (Phi) is 3.29. The number of H-pyrrole nitrogens is 1. The van der Waals surface area contributed by atoms with E-state index in [2.05, 4.69) is 9.97 Å².